The minimum atomic E-state index is -0.442. The second-order valence-electron chi connectivity index (χ2n) is 5.62. The predicted molar refractivity (Wildman–Crippen MR) is 97.7 cm³/mol. The molecule has 3 rings (SSSR count). The fraction of sp³-hybridized carbons (Fsp3) is 0.235. The zero-order valence-corrected chi connectivity index (χ0v) is 14.7. The third kappa shape index (κ3) is 3.55. The van der Waals surface area contributed by atoms with Gasteiger partial charge in [-0.25, -0.2) is 0 Å². The van der Waals surface area contributed by atoms with Crippen LogP contribution in [0.25, 0.3) is 0 Å². The quantitative estimate of drug-likeness (QED) is 0.599. The van der Waals surface area contributed by atoms with Crippen molar-refractivity contribution in [3.05, 3.63) is 68.2 Å². The number of hydrogen-bond donors (Lipinski definition) is 0. The molecular weight excluding hydrogens is 365 g/mol. The molecule has 0 atom stereocenters. The van der Waals surface area contributed by atoms with Crippen molar-refractivity contribution in [3.63, 3.8) is 0 Å². The van der Waals surface area contributed by atoms with Gasteiger partial charge in [-0.05, 0) is 18.2 Å². The van der Waals surface area contributed by atoms with Gasteiger partial charge in [0.05, 0.1) is 20.5 Å². The van der Waals surface area contributed by atoms with Crippen LogP contribution in [-0.4, -0.2) is 41.9 Å². The van der Waals surface area contributed by atoms with Crippen molar-refractivity contribution >= 4 is 40.5 Å². The largest absolute Gasteiger partial charge is 0.361 e. The molecule has 0 spiro atoms. The van der Waals surface area contributed by atoms with Crippen LogP contribution < -0.4 is 4.90 Å². The summed E-state index contributed by atoms with van der Waals surface area (Å²) in [6.07, 6.45) is 0. The van der Waals surface area contributed by atoms with Crippen LogP contribution in [0.1, 0.15) is 10.4 Å². The monoisotopic (exact) mass is 379 g/mol. The van der Waals surface area contributed by atoms with Crippen LogP contribution in [0.5, 0.6) is 0 Å². The molecule has 130 valence electrons. The molecule has 0 unspecified atom stereocenters. The number of benzene rings is 2. The minimum Gasteiger partial charge on any atom is -0.361 e. The molecule has 25 heavy (non-hydrogen) atoms. The number of nitro groups is 1. The van der Waals surface area contributed by atoms with E-state index < -0.39 is 4.92 Å². The second kappa shape index (κ2) is 7.29. The first-order valence-electron chi connectivity index (χ1n) is 7.70. The van der Waals surface area contributed by atoms with Crippen LogP contribution in [0.4, 0.5) is 11.4 Å². The Kier molecular flexibility index (Phi) is 5.11. The highest BCUT2D eigenvalue weighted by Crippen LogP contribution is 2.36. The highest BCUT2D eigenvalue weighted by Gasteiger charge is 2.28. The number of rotatable bonds is 3. The van der Waals surface area contributed by atoms with Crippen molar-refractivity contribution < 1.29 is 9.72 Å². The van der Waals surface area contributed by atoms with E-state index in [9.17, 15) is 14.9 Å². The molecule has 2 aromatic carbocycles. The number of nitrogens with zero attached hydrogens (tertiary/aromatic N) is 3. The summed E-state index contributed by atoms with van der Waals surface area (Å²) in [7, 11) is 0. The Morgan fingerprint density at radius 3 is 2.24 bits per heavy atom. The number of amides is 1. The van der Waals surface area contributed by atoms with Crippen LogP contribution in [-0.2, 0) is 0 Å². The molecular formula is C17H15Cl2N3O3. The molecule has 0 bridgehead atoms. The van der Waals surface area contributed by atoms with Crippen molar-refractivity contribution in [3.8, 4) is 0 Å². The van der Waals surface area contributed by atoms with Crippen LogP contribution >= 0.6 is 23.2 Å². The van der Waals surface area contributed by atoms with E-state index in [2.05, 4.69) is 0 Å². The average Bonchev–Trinajstić information content (AvgIpc) is 2.61. The van der Waals surface area contributed by atoms with Gasteiger partial charge in [-0.2, -0.15) is 0 Å². The van der Waals surface area contributed by atoms with Crippen molar-refractivity contribution in [2.75, 3.05) is 31.1 Å². The van der Waals surface area contributed by atoms with Gasteiger partial charge in [-0.15, -0.1) is 0 Å². The Morgan fingerprint density at radius 1 is 0.960 bits per heavy atom. The first kappa shape index (κ1) is 17.5. The van der Waals surface area contributed by atoms with Crippen molar-refractivity contribution in [2.24, 2.45) is 0 Å². The summed E-state index contributed by atoms with van der Waals surface area (Å²) >= 11 is 12.3. The molecule has 1 fully saturated rings. The van der Waals surface area contributed by atoms with Crippen molar-refractivity contribution in [2.45, 2.75) is 0 Å². The topological polar surface area (TPSA) is 66.7 Å². The first-order chi connectivity index (χ1) is 12.0. The van der Waals surface area contributed by atoms with Gasteiger partial charge in [-0.1, -0.05) is 41.4 Å². The molecule has 0 saturated carbocycles. The van der Waals surface area contributed by atoms with E-state index in [4.69, 9.17) is 23.2 Å². The zero-order chi connectivity index (χ0) is 18.0. The lowest BCUT2D eigenvalue weighted by atomic mass is 10.1. The normalized spacial score (nSPS) is 14.5. The van der Waals surface area contributed by atoms with E-state index >= 15 is 0 Å². The van der Waals surface area contributed by atoms with Crippen molar-refractivity contribution in [1.82, 2.24) is 4.90 Å². The molecule has 8 heteroatoms. The summed E-state index contributed by atoms with van der Waals surface area (Å²) in [5, 5.41) is 12.0. The van der Waals surface area contributed by atoms with Gasteiger partial charge < -0.3 is 9.80 Å². The van der Waals surface area contributed by atoms with Gasteiger partial charge in [0.25, 0.3) is 11.6 Å². The highest BCUT2D eigenvalue weighted by molar-refractivity contribution is 6.34. The Hall–Kier alpha value is -2.31. The Morgan fingerprint density at radius 2 is 1.60 bits per heavy atom. The fourth-order valence-corrected chi connectivity index (χ4v) is 3.41. The van der Waals surface area contributed by atoms with E-state index in [0.717, 1.165) is 0 Å². The lowest BCUT2D eigenvalue weighted by Crippen LogP contribution is -2.49. The Balaban J connectivity index is 1.76. The van der Waals surface area contributed by atoms with Crippen molar-refractivity contribution in [1.29, 1.82) is 0 Å². The number of carbonyl (C=O) groups excluding carboxylic acids is 1. The Bertz CT molecular complexity index is 821. The molecule has 0 N–H and O–H groups in total. The Labute approximate surface area is 154 Å². The maximum absolute atomic E-state index is 12.6. The van der Waals surface area contributed by atoms with Crippen LogP contribution in [0.2, 0.25) is 10.0 Å². The highest BCUT2D eigenvalue weighted by atomic mass is 35.5. The fourth-order valence-electron chi connectivity index (χ4n) is 2.90. The van der Waals surface area contributed by atoms with E-state index in [1.807, 2.05) is 4.90 Å². The lowest BCUT2D eigenvalue weighted by Gasteiger charge is -2.36. The first-order valence-corrected chi connectivity index (χ1v) is 8.46. The molecule has 1 amide bonds. The molecule has 0 aliphatic carbocycles. The van der Waals surface area contributed by atoms with E-state index in [1.165, 1.54) is 6.07 Å². The molecule has 2 aromatic rings. The number of para-hydroxylation sites is 1. The van der Waals surface area contributed by atoms with Gasteiger partial charge in [0.1, 0.15) is 5.69 Å². The standard InChI is InChI=1S/C17H15Cl2N3O3/c18-13-5-2-1-4-12(13)17(23)21-10-8-20(9-11-21)16-14(19)6-3-7-15(16)22(24)25/h1-7H,8-11H2. The maximum atomic E-state index is 12.6. The van der Waals surface area contributed by atoms with Crippen LogP contribution in [0.3, 0.4) is 0 Å². The number of anilines is 1. The molecule has 1 saturated heterocycles. The third-order valence-electron chi connectivity index (χ3n) is 4.15. The smallest absolute Gasteiger partial charge is 0.294 e. The zero-order valence-electron chi connectivity index (χ0n) is 13.2. The summed E-state index contributed by atoms with van der Waals surface area (Å²) in [5.41, 5.74) is 0.832. The minimum absolute atomic E-state index is 0.0293. The summed E-state index contributed by atoms with van der Waals surface area (Å²) in [4.78, 5) is 26.9. The number of hydrogen-bond acceptors (Lipinski definition) is 4. The summed E-state index contributed by atoms with van der Waals surface area (Å²) < 4.78 is 0. The molecule has 1 aliphatic heterocycles. The number of carbonyl (C=O) groups is 1. The van der Waals surface area contributed by atoms with Crippen LogP contribution in [0, 0.1) is 10.1 Å². The maximum Gasteiger partial charge on any atom is 0.294 e. The number of halogens is 2. The van der Waals surface area contributed by atoms with Gasteiger partial charge in [0.2, 0.25) is 0 Å². The summed E-state index contributed by atoms with van der Waals surface area (Å²) in [6, 6.07) is 11.5. The van der Waals surface area contributed by atoms with Gasteiger partial charge in [0, 0.05) is 32.2 Å². The average molecular weight is 380 g/mol. The predicted octanol–water partition coefficient (Wildman–Crippen LogP) is 3.86. The second-order valence-corrected chi connectivity index (χ2v) is 6.44. The third-order valence-corrected chi connectivity index (χ3v) is 4.78. The molecule has 0 radical (unpaired) electrons. The van der Waals surface area contributed by atoms with Gasteiger partial charge in [-0.3, -0.25) is 14.9 Å². The number of nitro benzene ring substituents is 1. The molecule has 0 aromatic heterocycles. The lowest BCUT2D eigenvalue weighted by molar-refractivity contribution is -0.384. The molecule has 6 nitrogen and oxygen atoms in total. The summed E-state index contributed by atoms with van der Waals surface area (Å²) in [5.74, 6) is -0.140. The SMILES string of the molecule is O=C(c1ccccc1Cl)N1CCN(c2c(Cl)cccc2[N+](=O)[O-])CC1. The van der Waals surface area contributed by atoms with E-state index in [1.54, 1.807) is 41.3 Å². The van der Waals surface area contributed by atoms with Gasteiger partial charge in [0.15, 0.2) is 0 Å². The van der Waals surface area contributed by atoms with E-state index in [0.29, 0.717) is 47.5 Å². The van der Waals surface area contributed by atoms with E-state index in [-0.39, 0.29) is 11.6 Å². The van der Waals surface area contributed by atoms with Gasteiger partial charge >= 0.3 is 0 Å². The van der Waals surface area contributed by atoms with Crippen LogP contribution in [0.15, 0.2) is 42.5 Å². The summed E-state index contributed by atoms with van der Waals surface area (Å²) in [6.45, 7) is 1.79. The molecule has 1 heterocycles. The number of piperazine rings is 1. The molecule has 1 aliphatic rings.